The first-order valence-electron chi connectivity index (χ1n) is 20.8. The van der Waals surface area contributed by atoms with Crippen LogP contribution in [-0.2, 0) is 5.41 Å². The van der Waals surface area contributed by atoms with Crippen LogP contribution in [0.2, 0.25) is 0 Å². The molecule has 2 aromatic heterocycles. The van der Waals surface area contributed by atoms with Gasteiger partial charge in [-0.15, -0.1) is 0 Å². The third kappa shape index (κ3) is 4.94. The van der Waals surface area contributed by atoms with E-state index in [1.807, 2.05) is 23.9 Å². The zero-order valence-corrected chi connectivity index (χ0v) is 33.8. The summed E-state index contributed by atoms with van der Waals surface area (Å²) < 4.78 is 2.48. The molecule has 4 heteroatoms. The van der Waals surface area contributed by atoms with Crippen molar-refractivity contribution in [1.82, 2.24) is 14.5 Å². The van der Waals surface area contributed by atoms with E-state index in [1.54, 1.807) is 0 Å². The van der Waals surface area contributed by atoms with Crippen LogP contribution in [0.4, 0.5) is 0 Å². The van der Waals surface area contributed by atoms with Gasteiger partial charge in [0.1, 0.15) is 0 Å². The predicted molar refractivity (Wildman–Crippen MR) is 252 cm³/mol. The van der Waals surface area contributed by atoms with Gasteiger partial charge in [-0.25, -0.2) is 9.97 Å². The van der Waals surface area contributed by atoms with Crippen molar-refractivity contribution < 1.29 is 0 Å². The third-order valence-electron chi connectivity index (χ3n) is 12.9. The first-order valence-corrected chi connectivity index (χ1v) is 21.6. The number of hydrogen-bond donors (Lipinski definition) is 0. The minimum Gasteiger partial charge on any atom is -0.309 e. The zero-order chi connectivity index (χ0) is 40.1. The molecule has 284 valence electrons. The Labute approximate surface area is 357 Å². The van der Waals surface area contributed by atoms with Crippen LogP contribution in [0, 0.1) is 0 Å². The average Bonchev–Trinajstić information content (AvgIpc) is 3.81. The van der Waals surface area contributed by atoms with E-state index < -0.39 is 5.41 Å². The van der Waals surface area contributed by atoms with Crippen molar-refractivity contribution in [2.75, 3.05) is 0 Å². The van der Waals surface area contributed by atoms with E-state index in [4.69, 9.17) is 9.97 Å². The molecule has 61 heavy (non-hydrogen) atoms. The van der Waals surface area contributed by atoms with E-state index in [1.165, 1.54) is 65.0 Å². The molecule has 0 fully saturated rings. The Bertz CT molecular complexity index is 3470. The zero-order valence-electron chi connectivity index (χ0n) is 33.0. The molecule has 0 unspecified atom stereocenters. The number of para-hydroxylation sites is 1. The third-order valence-corrected chi connectivity index (χ3v) is 14.0. The molecule has 0 saturated heterocycles. The molecular weight excluding hydrogens is 759 g/mol. The quantitative estimate of drug-likeness (QED) is 0.178. The highest BCUT2D eigenvalue weighted by molar-refractivity contribution is 7.99. The summed E-state index contributed by atoms with van der Waals surface area (Å²) in [6.45, 7) is 0. The number of hydrogen-bond acceptors (Lipinski definition) is 3. The van der Waals surface area contributed by atoms with Crippen molar-refractivity contribution in [3.05, 3.63) is 235 Å². The molecular formula is C57H35N3S. The Balaban J connectivity index is 1.07. The van der Waals surface area contributed by atoms with Gasteiger partial charge in [-0.05, 0) is 81.2 Å². The average molecular weight is 794 g/mol. The molecule has 0 bridgehead atoms. The van der Waals surface area contributed by atoms with Crippen molar-refractivity contribution >= 4 is 44.3 Å². The summed E-state index contributed by atoms with van der Waals surface area (Å²) >= 11 is 1.89. The molecule has 3 heterocycles. The van der Waals surface area contributed by atoms with Gasteiger partial charge in [-0.2, -0.15) is 0 Å². The van der Waals surface area contributed by atoms with Gasteiger partial charge in [0.25, 0.3) is 0 Å². The van der Waals surface area contributed by atoms with E-state index in [0.717, 1.165) is 44.5 Å². The molecule has 2 aliphatic rings. The van der Waals surface area contributed by atoms with Gasteiger partial charge >= 0.3 is 0 Å². The molecule has 0 radical (unpaired) electrons. The Morgan fingerprint density at radius 3 is 1.61 bits per heavy atom. The maximum atomic E-state index is 5.25. The smallest absolute Gasteiger partial charge is 0.161 e. The fourth-order valence-corrected chi connectivity index (χ4v) is 11.5. The number of aromatic nitrogens is 3. The lowest BCUT2D eigenvalue weighted by molar-refractivity contribution is 0.724. The SMILES string of the molecule is c1ccc(-c2cc(-c3ccccc3)nc(-c3ccc(-n4c5ccccc5c5cc6c(cc54)Sc4ccccc4C64c5ccccc5-c5ccccc54)c4ccccc34)n2)cc1. The second-order valence-corrected chi connectivity index (χ2v) is 17.1. The Morgan fingerprint density at radius 1 is 0.361 bits per heavy atom. The summed E-state index contributed by atoms with van der Waals surface area (Å²) in [6.07, 6.45) is 0. The molecule has 1 spiro atoms. The molecule has 13 rings (SSSR count). The first kappa shape index (κ1) is 34.3. The van der Waals surface area contributed by atoms with Crippen molar-refractivity contribution in [3.63, 3.8) is 0 Å². The van der Waals surface area contributed by atoms with E-state index in [0.29, 0.717) is 5.82 Å². The largest absolute Gasteiger partial charge is 0.309 e. The van der Waals surface area contributed by atoms with Gasteiger partial charge in [0.05, 0.1) is 33.5 Å². The highest BCUT2D eigenvalue weighted by Crippen LogP contribution is 2.62. The number of nitrogens with zero attached hydrogens (tertiary/aromatic N) is 3. The van der Waals surface area contributed by atoms with Gasteiger partial charge in [0, 0.05) is 42.6 Å². The molecule has 0 saturated carbocycles. The summed E-state index contributed by atoms with van der Waals surface area (Å²) in [5.41, 5.74) is 16.0. The van der Waals surface area contributed by atoms with Crippen LogP contribution in [0.3, 0.4) is 0 Å². The molecule has 1 aliphatic carbocycles. The van der Waals surface area contributed by atoms with E-state index in [2.05, 4.69) is 205 Å². The molecule has 11 aromatic rings. The maximum Gasteiger partial charge on any atom is 0.161 e. The molecule has 1 aliphatic heterocycles. The number of benzene rings is 9. The van der Waals surface area contributed by atoms with Crippen molar-refractivity contribution in [2.45, 2.75) is 15.2 Å². The maximum absolute atomic E-state index is 5.25. The fraction of sp³-hybridized carbons (Fsp3) is 0.0175. The molecule has 0 N–H and O–H groups in total. The molecule has 0 amide bonds. The monoisotopic (exact) mass is 793 g/mol. The summed E-state index contributed by atoms with van der Waals surface area (Å²) in [7, 11) is 0. The molecule has 3 nitrogen and oxygen atoms in total. The van der Waals surface area contributed by atoms with Crippen molar-refractivity contribution in [3.8, 4) is 50.7 Å². The van der Waals surface area contributed by atoms with Gasteiger partial charge in [-0.3, -0.25) is 0 Å². The number of fused-ring (bicyclic) bond motifs is 13. The Morgan fingerprint density at radius 2 is 0.918 bits per heavy atom. The molecule has 9 aromatic carbocycles. The van der Waals surface area contributed by atoms with Crippen LogP contribution >= 0.6 is 11.8 Å². The van der Waals surface area contributed by atoms with Crippen molar-refractivity contribution in [1.29, 1.82) is 0 Å². The lowest BCUT2D eigenvalue weighted by Gasteiger charge is -2.39. The predicted octanol–water partition coefficient (Wildman–Crippen LogP) is 14.6. The first-order chi connectivity index (χ1) is 30.3. The summed E-state index contributed by atoms with van der Waals surface area (Å²) in [4.78, 5) is 13.1. The fourth-order valence-electron chi connectivity index (χ4n) is 10.3. The minimum absolute atomic E-state index is 0.441. The second-order valence-electron chi connectivity index (χ2n) is 16.0. The summed E-state index contributed by atoms with van der Waals surface area (Å²) in [6, 6.07) is 77.2. The van der Waals surface area contributed by atoms with Crippen LogP contribution in [0.25, 0.3) is 83.3 Å². The number of rotatable bonds is 4. The standard InChI is InChI=1S/C57H35N3S/c1-3-17-36(18-4-1)49-34-50(37-19-5-2-6-20-37)59-56(58-49)43-31-32-52(41-24-8-7-21-38(41)43)60-51-29-15-11-25-42(51)44-33-48-55(35-53(44)60)61-54-30-16-14-28-47(54)57(48)45-26-12-9-22-39(45)40-23-10-13-27-46(40)57/h1-35H. The lowest BCUT2D eigenvalue weighted by Crippen LogP contribution is -2.31. The van der Waals surface area contributed by atoms with Gasteiger partial charge < -0.3 is 4.57 Å². The normalized spacial score (nSPS) is 13.3. The van der Waals surface area contributed by atoms with Crippen LogP contribution in [0.5, 0.6) is 0 Å². The van der Waals surface area contributed by atoms with Gasteiger partial charge in [-0.1, -0.05) is 182 Å². The van der Waals surface area contributed by atoms with E-state index in [-0.39, 0.29) is 0 Å². The van der Waals surface area contributed by atoms with Gasteiger partial charge in [0.2, 0.25) is 0 Å². The van der Waals surface area contributed by atoms with Gasteiger partial charge in [0.15, 0.2) is 5.82 Å². The van der Waals surface area contributed by atoms with Crippen LogP contribution in [0.1, 0.15) is 22.3 Å². The van der Waals surface area contributed by atoms with Crippen LogP contribution in [0.15, 0.2) is 222 Å². The highest BCUT2D eigenvalue weighted by atomic mass is 32.2. The second kappa shape index (κ2) is 13.2. The van der Waals surface area contributed by atoms with Crippen molar-refractivity contribution in [2.24, 2.45) is 0 Å². The van der Waals surface area contributed by atoms with E-state index in [9.17, 15) is 0 Å². The minimum atomic E-state index is -0.441. The Hall–Kier alpha value is -7.53. The Kier molecular flexibility index (Phi) is 7.45. The van der Waals surface area contributed by atoms with Crippen LogP contribution < -0.4 is 0 Å². The van der Waals surface area contributed by atoms with E-state index >= 15 is 0 Å². The summed E-state index contributed by atoms with van der Waals surface area (Å²) in [5.74, 6) is 0.705. The summed E-state index contributed by atoms with van der Waals surface area (Å²) in [5, 5.41) is 4.73. The lowest BCUT2D eigenvalue weighted by atomic mass is 9.67. The highest BCUT2D eigenvalue weighted by Gasteiger charge is 2.50. The topological polar surface area (TPSA) is 30.7 Å². The van der Waals surface area contributed by atoms with Crippen LogP contribution in [-0.4, -0.2) is 14.5 Å². The molecule has 0 atom stereocenters.